The minimum atomic E-state index is -3.98. The van der Waals surface area contributed by atoms with E-state index in [4.69, 9.17) is 0 Å². The number of amides is 1. The third-order valence-electron chi connectivity index (χ3n) is 6.43. The molecule has 188 valence electrons. The first kappa shape index (κ1) is 26.0. The molecule has 1 atom stereocenters. The van der Waals surface area contributed by atoms with E-state index in [1.807, 2.05) is 74.7 Å². The van der Waals surface area contributed by atoms with Crippen LogP contribution in [-0.2, 0) is 27.9 Å². The number of nitrogens with zero attached hydrogens (tertiary/aromatic N) is 3. The maximum absolute atomic E-state index is 14.0. The number of thiophene rings is 1. The highest BCUT2D eigenvalue weighted by atomic mass is 32.2. The summed E-state index contributed by atoms with van der Waals surface area (Å²) in [6.45, 7) is 6.39. The van der Waals surface area contributed by atoms with E-state index in [0.29, 0.717) is 25.0 Å². The molecule has 0 fully saturated rings. The van der Waals surface area contributed by atoms with Crippen molar-refractivity contribution in [3.8, 4) is 0 Å². The Kier molecular flexibility index (Phi) is 8.18. The second-order valence-electron chi connectivity index (χ2n) is 8.90. The van der Waals surface area contributed by atoms with Crippen molar-refractivity contribution in [1.29, 1.82) is 0 Å². The Morgan fingerprint density at radius 1 is 1.00 bits per heavy atom. The van der Waals surface area contributed by atoms with Crippen LogP contribution >= 0.6 is 11.3 Å². The van der Waals surface area contributed by atoms with E-state index in [1.165, 1.54) is 4.31 Å². The van der Waals surface area contributed by atoms with Gasteiger partial charge in [-0.3, -0.25) is 9.78 Å². The molecule has 0 unspecified atom stereocenters. The summed E-state index contributed by atoms with van der Waals surface area (Å²) in [7, 11) is -3.98. The molecule has 36 heavy (non-hydrogen) atoms. The molecule has 4 aromatic rings. The number of hydrogen-bond acceptors (Lipinski definition) is 5. The lowest BCUT2D eigenvalue weighted by atomic mass is 10.2. The van der Waals surface area contributed by atoms with Gasteiger partial charge < -0.3 is 4.90 Å². The van der Waals surface area contributed by atoms with Gasteiger partial charge in [0.15, 0.2) is 0 Å². The number of hydrogen-bond donors (Lipinski definition) is 0. The topological polar surface area (TPSA) is 70.6 Å². The smallest absolute Gasteiger partial charge is 0.245 e. The Labute approximate surface area is 217 Å². The molecule has 8 heteroatoms. The fraction of sp³-hybridized carbons (Fsp3) is 0.286. The number of rotatable bonds is 10. The van der Waals surface area contributed by atoms with Crippen molar-refractivity contribution in [3.63, 3.8) is 0 Å². The Bertz CT molecular complexity index is 1430. The Morgan fingerprint density at radius 3 is 2.44 bits per heavy atom. The molecule has 2 heterocycles. The molecular formula is C28H31N3O3S2. The van der Waals surface area contributed by atoms with Crippen molar-refractivity contribution >= 4 is 38.2 Å². The molecule has 4 rings (SSSR count). The van der Waals surface area contributed by atoms with Gasteiger partial charge in [-0.1, -0.05) is 55.5 Å². The van der Waals surface area contributed by atoms with E-state index in [1.54, 1.807) is 40.6 Å². The van der Waals surface area contributed by atoms with Crippen LogP contribution in [-0.4, -0.2) is 41.1 Å². The zero-order valence-corrected chi connectivity index (χ0v) is 22.4. The molecule has 0 spiro atoms. The van der Waals surface area contributed by atoms with Crippen LogP contribution in [0.2, 0.25) is 0 Å². The molecule has 2 aromatic heterocycles. The summed E-state index contributed by atoms with van der Waals surface area (Å²) >= 11 is 1.61. The van der Waals surface area contributed by atoms with E-state index in [2.05, 4.69) is 4.98 Å². The van der Waals surface area contributed by atoms with Crippen LogP contribution < -0.4 is 0 Å². The molecule has 2 aromatic carbocycles. The van der Waals surface area contributed by atoms with Crippen molar-refractivity contribution < 1.29 is 13.2 Å². The van der Waals surface area contributed by atoms with Gasteiger partial charge in [0, 0.05) is 29.0 Å². The lowest BCUT2D eigenvalue weighted by Crippen LogP contribution is -2.46. The monoisotopic (exact) mass is 521 g/mol. The Hall–Kier alpha value is -3.07. The minimum Gasteiger partial charge on any atom is -0.332 e. The molecule has 0 saturated carbocycles. The number of aryl methyl sites for hydroxylation is 1. The van der Waals surface area contributed by atoms with Crippen LogP contribution in [0.4, 0.5) is 0 Å². The van der Waals surface area contributed by atoms with Crippen LogP contribution in [0.3, 0.4) is 0 Å². The molecule has 6 nitrogen and oxygen atoms in total. The Morgan fingerprint density at radius 2 is 1.75 bits per heavy atom. The molecule has 0 bridgehead atoms. The number of aromatic nitrogens is 1. The number of carbonyl (C=O) groups excluding carboxylic acids is 1. The number of sulfonamides is 1. The zero-order chi connectivity index (χ0) is 25.7. The summed E-state index contributed by atoms with van der Waals surface area (Å²) in [6.07, 6.45) is 2.17. The first-order valence-electron chi connectivity index (χ1n) is 12.0. The van der Waals surface area contributed by atoms with Gasteiger partial charge >= 0.3 is 0 Å². The predicted octanol–water partition coefficient (Wildman–Crippen LogP) is 5.62. The fourth-order valence-electron chi connectivity index (χ4n) is 4.10. The summed E-state index contributed by atoms with van der Waals surface area (Å²) < 4.78 is 29.2. The maximum Gasteiger partial charge on any atom is 0.245 e. The minimum absolute atomic E-state index is 0.123. The molecule has 0 N–H and O–H groups in total. The van der Waals surface area contributed by atoms with Gasteiger partial charge in [-0.25, -0.2) is 8.42 Å². The second kappa shape index (κ2) is 11.3. The molecule has 0 aliphatic carbocycles. The van der Waals surface area contributed by atoms with E-state index in [0.717, 1.165) is 21.4 Å². The number of pyridine rings is 1. The van der Waals surface area contributed by atoms with Crippen LogP contribution in [0.25, 0.3) is 10.9 Å². The highest BCUT2D eigenvalue weighted by molar-refractivity contribution is 7.89. The predicted molar refractivity (Wildman–Crippen MR) is 145 cm³/mol. The number of benzene rings is 2. The fourth-order valence-corrected chi connectivity index (χ4v) is 6.84. The van der Waals surface area contributed by atoms with Gasteiger partial charge in [0.1, 0.15) is 4.90 Å². The first-order chi connectivity index (χ1) is 17.3. The van der Waals surface area contributed by atoms with E-state index >= 15 is 0 Å². The summed E-state index contributed by atoms with van der Waals surface area (Å²) in [6, 6.07) is 20.2. The summed E-state index contributed by atoms with van der Waals surface area (Å²) in [5.41, 5.74) is 2.53. The molecule has 0 aliphatic rings. The summed E-state index contributed by atoms with van der Waals surface area (Å²) in [5.74, 6) is -0.233. The second-order valence-corrected chi connectivity index (χ2v) is 11.8. The van der Waals surface area contributed by atoms with Crippen molar-refractivity contribution in [2.24, 2.45) is 0 Å². The van der Waals surface area contributed by atoms with Crippen LogP contribution in [0.15, 0.2) is 83.2 Å². The molecule has 1 amide bonds. The Balaban J connectivity index is 1.68. The van der Waals surface area contributed by atoms with Crippen LogP contribution in [0.1, 0.15) is 36.3 Å². The molecular weight excluding hydrogens is 490 g/mol. The third-order valence-corrected chi connectivity index (χ3v) is 9.43. The number of para-hydroxylation sites is 1. The molecule has 0 aliphatic heterocycles. The lowest BCUT2D eigenvalue weighted by Gasteiger charge is -2.30. The standard InChI is InChI=1S/C28H31N3O3S2/c1-4-22(3)31(36(33,34)26-14-8-12-24-13-9-16-29-28(24)26)20-27(32)30(18-23-10-6-5-7-11-23)19-25-21(2)15-17-35-25/h5-17,22H,4,18-20H2,1-3H3/t22-/m0/s1. The van der Waals surface area contributed by atoms with E-state index in [9.17, 15) is 13.2 Å². The average molecular weight is 522 g/mol. The molecule has 0 radical (unpaired) electrons. The van der Waals surface area contributed by atoms with Gasteiger partial charge in [0.25, 0.3) is 0 Å². The van der Waals surface area contributed by atoms with Crippen molar-refractivity contribution in [1.82, 2.24) is 14.2 Å². The quantitative estimate of drug-likeness (QED) is 0.271. The van der Waals surface area contributed by atoms with Gasteiger partial charge in [-0.15, -0.1) is 11.3 Å². The normalized spacial score (nSPS) is 12.7. The number of carbonyl (C=O) groups is 1. The third kappa shape index (κ3) is 5.67. The van der Waals surface area contributed by atoms with Crippen molar-refractivity contribution in [2.75, 3.05) is 6.54 Å². The van der Waals surface area contributed by atoms with E-state index < -0.39 is 10.0 Å². The zero-order valence-electron chi connectivity index (χ0n) is 20.8. The number of fused-ring (bicyclic) bond motifs is 1. The largest absolute Gasteiger partial charge is 0.332 e. The molecule has 0 saturated heterocycles. The highest BCUT2D eigenvalue weighted by Gasteiger charge is 2.33. The summed E-state index contributed by atoms with van der Waals surface area (Å²) in [4.78, 5) is 21.1. The van der Waals surface area contributed by atoms with Crippen molar-refractivity contribution in [2.45, 2.75) is 51.2 Å². The first-order valence-corrected chi connectivity index (χ1v) is 14.3. The van der Waals surface area contributed by atoms with Crippen LogP contribution in [0.5, 0.6) is 0 Å². The lowest BCUT2D eigenvalue weighted by molar-refractivity contribution is -0.133. The van der Waals surface area contributed by atoms with Crippen LogP contribution in [0, 0.1) is 6.92 Å². The SMILES string of the molecule is CC[C@H](C)N(CC(=O)N(Cc1ccccc1)Cc1sccc1C)S(=O)(=O)c1cccc2cccnc12. The highest BCUT2D eigenvalue weighted by Crippen LogP contribution is 2.27. The van der Waals surface area contributed by atoms with Gasteiger partial charge in [0.05, 0.1) is 18.6 Å². The van der Waals surface area contributed by atoms with Gasteiger partial charge in [0.2, 0.25) is 15.9 Å². The maximum atomic E-state index is 14.0. The van der Waals surface area contributed by atoms with Gasteiger partial charge in [-0.05, 0) is 55.0 Å². The summed E-state index contributed by atoms with van der Waals surface area (Å²) in [5, 5.41) is 2.76. The van der Waals surface area contributed by atoms with Crippen molar-refractivity contribution in [3.05, 3.63) is 94.3 Å². The average Bonchev–Trinajstić information content (AvgIpc) is 3.30. The van der Waals surface area contributed by atoms with Gasteiger partial charge in [-0.2, -0.15) is 4.31 Å². The van der Waals surface area contributed by atoms with E-state index in [-0.39, 0.29) is 23.4 Å².